The van der Waals surface area contributed by atoms with Crippen LogP contribution < -0.4 is 0 Å². The lowest BCUT2D eigenvalue weighted by molar-refractivity contribution is -0.140. The predicted octanol–water partition coefficient (Wildman–Crippen LogP) is 1.45. The number of unbranched alkanes of at least 4 members (excludes halogenated alkanes) is 1. The maximum Gasteiger partial charge on any atom is 0.331 e. The first-order valence-corrected chi connectivity index (χ1v) is 4.72. The molecule has 0 aliphatic heterocycles. The summed E-state index contributed by atoms with van der Waals surface area (Å²) in [6.07, 6.45) is 3.94. The number of carbonyl (C=O) groups is 2. The molecule has 0 N–H and O–H groups in total. The molecule has 0 fully saturated rings. The van der Waals surface area contributed by atoms with E-state index >= 15 is 0 Å². The molecule has 0 aromatic carbocycles. The Hall–Kier alpha value is -1.32. The number of hydrogen-bond acceptors (Lipinski definition) is 4. The van der Waals surface area contributed by atoms with Crippen LogP contribution in [0.4, 0.5) is 0 Å². The molecule has 0 rings (SSSR count). The van der Waals surface area contributed by atoms with E-state index < -0.39 is 11.9 Å². The van der Waals surface area contributed by atoms with Crippen molar-refractivity contribution in [1.82, 2.24) is 0 Å². The quantitative estimate of drug-likeness (QED) is 0.370. The van der Waals surface area contributed by atoms with Crippen molar-refractivity contribution in [3.05, 3.63) is 12.2 Å². The van der Waals surface area contributed by atoms with Gasteiger partial charge < -0.3 is 9.47 Å². The van der Waals surface area contributed by atoms with E-state index in [1.54, 1.807) is 6.92 Å². The van der Waals surface area contributed by atoms with Crippen molar-refractivity contribution in [3.63, 3.8) is 0 Å². The maximum absolute atomic E-state index is 10.9. The molecule has 0 unspecified atom stereocenters. The van der Waals surface area contributed by atoms with Gasteiger partial charge in [-0.2, -0.15) is 0 Å². The molecule has 14 heavy (non-hydrogen) atoms. The summed E-state index contributed by atoms with van der Waals surface area (Å²) in [5.74, 6) is -1.04. The Morgan fingerprint density at radius 2 is 1.64 bits per heavy atom. The van der Waals surface area contributed by atoms with E-state index in [2.05, 4.69) is 4.74 Å². The van der Waals surface area contributed by atoms with Crippen LogP contribution in [0.2, 0.25) is 0 Å². The molecule has 0 aliphatic rings. The minimum Gasteiger partial charge on any atom is -0.463 e. The minimum atomic E-state index is -0.528. The summed E-state index contributed by atoms with van der Waals surface area (Å²) in [6.45, 7) is 4.39. The predicted molar refractivity (Wildman–Crippen MR) is 51.6 cm³/mol. The molecule has 0 amide bonds. The summed E-state index contributed by atoms with van der Waals surface area (Å²) in [5, 5.41) is 0. The average Bonchev–Trinajstić information content (AvgIpc) is 2.16. The van der Waals surface area contributed by atoms with Crippen LogP contribution in [0.15, 0.2) is 12.2 Å². The van der Waals surface area contributed by atoms with E-state index in [9.17, 15) is 9.59 Å². The number of rotatable bonds is 6. The fourth-order valence-electron chi connectivity index (χ4n) is 0.692. The zero-order valence-electron chi connectivity index (χ0n) is 8.62. The summed E-state index contributed by atoms with van der Waals surface area (Å²) in [5.41, 5.74) is 0. The molecule has 0 radical (unpaired) electrons. The van der Waals surface area contributed by atoms with Gasteiger partial charge in [0.1, 0.15) is 0 Å². The van der Waals surface area contributed by atoms with Gasteiger partial charge in [-0.05, 0) is 13.3 Å². The maximum atomic E-state index is 10.9. The van der Waals surface area contributed by atoms with Crippen LogP contribution in [0.1, 0.15) is 26.7 Å². The van der Waals surface area contributed by atoms with Crippen LogP contribution in [0, 0.1) is 0 Å². The van der Waals surface area contributed by atoms with Gasteiger partial charge in [-0.3, -0.25) is 0 Å². The Morgan fingerprint density at radius 1 is 1.07 bits per heavy atom. The van der Waals surface area contributed by atoms with E-state index in [4.69, 9.17) is 4.74 Å². The van der Waals surface area contributed by atoms with E-state index in [0.29, 0.717) is 13.2 Å². The molecule has 4 nitrogen and oxygen atoms in total. The minimum absolute atomic E-state index is 0.300. The van der Waals surface area contributed by atoms with Crippen LogP contribution >= 0.6 is 0 Å². The third-order valence-electron chi connectivity index (χ3n) is 1.38. The fraction of sp³-hybridized carbons (Fsp3) is 0.600. The topological polar surface area (TPSA) is 52.6 Å². The van der Waals surface area contributed by atoms with Gasteiger partial charge in [0, 0.05) is 12.2 Å². The summed E-state index contributed by atoms with van der Waals surface area (Å²) >= 11 is 0. The Morgan fingerprint density at radius 3 is 2.14 bits per heavy atom. The molecule has 80 valence electrons. The molecule has 0 spiro atoms. The van der Waals surface area contributed by atoms with Gasteiger partial charge >= 0.3 is 11.9 Å². The highest BCUT2D eigenvalue weighted by atomic mass is 16.5. The van der Waals surface area contributed by atoms with Gasteiger partial charge in [0.25, 0.3) is 0 Å². The van der Waals surface area contributed by atoms with Gasteiger partial charge in [0.05, 0.1) is 13.2 Å². The lowest BCUT2D eigenvalue weighted by Crippen LogP contribution is -2.04. The highest BCUT2D eigenvalue weighted by Crippen LogP contribution is 1.90. The first-order chi connectivity index (χ1) is 6.70. The number of esters is 2. The zero-order chi connectivity index (χ0) is 10.8. The Bertz CT molecular complexity index is 208. The second kappa shape index (κ2) is 8.29. The summed E-state index contributed by atoms with van der Waals surface area (Å²) in [4.78, 5) is 21.7. The second-order valence-electron chi connectivity index (χ2n) is 2.61. The van der Waals surface area contributed by atoms with E-state index in [1.807, 2.05) is 6.92 Å². The van der Waals surface area contributed by atoms with Crippen LogP contribution in [0.25, 0.3) is 0 Å². The third kappa shape index (κ3) is 7.34. The smallest absolute Gasteiger partial charge is 0.331 e. The standard InChI is InChI=1S/C10H16O4/c1-3-5-8-14-10(12)7-6-9(11)13-4-2/h6-7H,3-5,8H2,1-2H3/b7-6-. The van der Waals surface area contributed by atoms with Crippen molar-refractivity contribution in [2.75, 3.05) is 13.2 Å². The summed E-state index contributed by atoms with van der Waals surface area (Å²) < 4.78 is 9.36. The average molecular weight is 200 g/mol. The van der Waals surface area contributed by atoms with Gasteiger partial charge in [-0.15, -0.1) is 0 Å². The second-order valence-corrected chi connectivity index (χ2v) is 2.61. The normalized spacial score (nSPS) is 10.1. The van der Waals surface area contributed by atoms with Gasteiger partial charge in [-0.1, -0.05) is 13.3 Å². The molecule has 0 heterocycles. The largest absolute Gasteiger partial charge is 0.463 e. The molecule has 0 bridgehead atoms. The number of ether oxygens (including phenoxy) is 2. The van der Waals surface area contributed by atoms with E-state index in [-0.39, 0.29) is 0 Å². The Kier molecular flexibility index (Phi) is 7.50. The zero-order valence-corrected chi connectivity index (χ0v) is 8.62. The highest BCUT2D eigenvalue weighted by Gasteiger charge is 1.98. The summed E-state index contributed by atoms with van der Waals surface area (Å²) in [7, 11) is 0. The van der Waals surface area contributed by atoms with Crippen LogP contribution in [-0.4, -0.2) is 25.2 Å². The van der Waals surface area contributed by atoms with E-state index in [1.165, 1.54) is 0 Å². The first-order valence-electron chi connectivity index (χ1n) is 4.72. The van der Waals surface area contributed by atoms with Crippen molar-refractivity contribution in [2.24, 2.45) is 0 Å². The molecule has 0 aliphatic carbocycles. The van der Waals surface area contributed by atoms with Crippen molar-refractivity contribution < 1.29 is 19.1 Å². The van der Waals surface area contributed by atoms with Crippen molar-refractivity contribution >= 4 is 11.9 Å². The first kappa shape index (κ1) is 12.7. The summed E-state index contributed by atoms with van der Waals surface area (Å²) in [6, 6.07) is 0. The molecule has 0 atom stereocenters. The van der Waals surface area contributed by atoms with Crippen LogP contribution in [0.5, 0.6) is 0 Å². The van der Waals surface area contributed by atoms with E-state index in [0.717, 1.165) is 25.0 Å². The Balaban J connectivity index is 3.64. The monoisotopic (exact) mass is 200 g/mol. The van der Waals surface area contributed by atoms with Gasteiger partial charge in [0.2, 0.25) is 0 Å². The molecule has 0 saturated carbocycles. The third-order valence-corrected chi connectivity index (χ3v) is 1.38. The van der Waals surface area contributed by atoms with Crippen LogP contribution in [-0.2, 0) is 19.1 Å². The molecule has 4 heteroatoms. The fourth-order valence-corrected chi connectivity index (χ4v) is 0.692. The number of carbonyl (C=O) groups excluding carboxylic acids is 2. The Labute approximate surface area is 83.9 Å². The van der Waals surface area contributed by atoms with Crippen molar-refractivity contribution in [2.45, 2.75) is 26.7 Å². The van der Waals surface area contributed by atoms with Gasteiger partial charge in [-0.25, -0.2) is 9.59 Å². The van der Waals surface area contributed by atoms with Crippen molar-refractivity contribution in [1.29, 1.82) is 0 Å². The molecule has 0 saturated heterocycles. The van der Waals surface area contributed by atoms with Gasteiger partial charge in [0.15, 0.2) is 0 Å². The lowest BCUT2D eigenvalue weighted by Gasteiger charge is -1.98. The number of hydrogen-bond donors (Lipinski definition) is 0. The van der Waals surface area contributed by atoms with Crippen LogP contribution in [0.3, 0.4) is 0 Å². The van der Waals surface area contributed by atoms with Crippen molar-refractivity contribution in [3.8, 4) is 0 Å². The molecule has 0 aromatic rings. The molecular weight excluding hydrogens is 184 g/mol. The lowest BCUT2D eigenvalue weighted by atomic mass is 10.4. The molecular formula is C10H16O4. The SMILES string of the molecule is CCCCOC(=O)/C=C\C(=O)OCC. The molecule has 0 aromatic heterocycles. The highest BCUT2D eigenvalue weighted by molar-refractivity contribution is 5.91.